The lowest BCUT2D eigenvalue weighted by atomic mass is 9.99. The van der Waals surface area contributed by atoms with Gasteiger partial charge in [-0.3, -0.25) is 0 Å². The van der Waals surface area contributed by atoms with Crippen molar-refractivity contribution in [3.63, 3.8) is 0 Å². The predicted molar refractivity (Wildman–Crippen MR) is 75.0 cm³/mol. The normalized spacial score (nSPS) is 32.7. The van der Waals surface area contributed by atoms with Crippen molar-refractivity contribution in [2.45, 2.75) is 44.1 Å². The molecule has 1 heterocycles. The van der Waals surface area contributed by atoms with Crippen molar-refractivity contribution < 1.29 is 29.6 Å². The summed E-state index contributed by atoms with van der Waals surface area (Å²) >= 11 is 5.44. The number of aliphatic hydroxyl groups is 3. The van der Waals surface area contributed by atoms with Gasteiger partial charge in [-0.15, -0.1) is 11.6 Å². The summed E-state index contributed by atoms with van der Waals surface area (Å²) in [5, 5.41) is 34.4. The number of halogens is 1. The molecule has 0 saturated carbocycles. The largest absolute Gasteiger partial charge is 0.388 e. The molecule has 1 fully saturated rings. The summed E-state index contributed by atoms with van der Waals surface area (Å²) in [7, 11) is 0. The van der Waals surface area contributed by atoms with Gasteiger partial charge >= 0.3 is 6.03 Å². The van der Waals surface area contributed by atoms with Gasteiger partial charge in [-0.1, -0.05) is 6.92 Å². The molecule has 9 heteroatoms. The van der Waals surface area contributed by atoms with Gasteiger partial charge in [0.15, 0.2) is 6.29 Å². The van der Waals surface area contributed by atoms with E-state index in [2.05, 4.69) is 10.6 Å². The molecule has 1 aliphatic rings. The van der Waals surface area contributed by atoms with Crippen molar-refractivity contribution in [2.24, 2.45) is 0 Å². The number of nitrogens with one attached hydrogen (secondary N) is 2. The minimum absolute atomic E-state index is 0.0367. The fourth-order valence-electron chi connectivity index (χ4n) is 1.87. The number of carbonyl (C=O) groups is 1. The molecule has 0 aromatic carbocycles. The van der Waals surface area contributed by atoms with E-state index in [9.17, 15) is 20.1 Å². The van der Waals surface area contributed by atoms with Crippen LogP contribution in [0.15, 0.2) is 0 Å². The highest BCUT2D eigenvalue weighted by atomic mass is 35.5. The Balaban J connectivity index is 2.49. The molecule has 5 N–H and O–H groups in total. The number of alkyl halides is 1. The first-order chi connectivity index (χ1) is 10.0. The third-order valence-corrected chi connectivity index (χ3v) is 3.19. The average Bonchev–Trinajstić information content (AvgIpc) is 2.49. The van der Waals surface area contributed by atoms with Crippen LogP contribution in [0.25, 0.3) is 0 Å². The predicted octanol–water partition coefficient (Wildman–Crippen LogP) is -1.24. The molecule has 0 spiro atoms. The van der Waals surface area contributed by atoms with Crippen molar-refractivity contribution in [3.8, 4) is 0 Å². The minimum Gasteiger partial charge on any atom is -0.388 e. The van der Waals surface area contributed by atoms with Crippen LogP contribution in [0.3, 0.4) is 0 Å². The Labute approximate surface area is 128 Å². The summed E-state index contributed by atoms with van der Waals surface area (Å²) in [5.41, 5.74) is 0. The number of hydrogen-bond acceptors (Lipinski definition) is 6. The van der Waals surface area contributed by atoms with Crippen molar-refractivity contribution >= 4 is 17.6 Å². The van der Waals surface area contributed by atoms with Gasteiger partial charge in [-0.2, -0.15) is 0 Å². The van der Waals surface area contributed by atoms with Gasteiger partial charge in [-0.25, -0.2) is 4.79 Å². The first kappa shape index (κ1) is 18.4. The van der Waals surface area contributed by atoms with E-state index < -0.39 is 36.7 Å². The molecule has 1 aliphatic heterocycles. The highest BCUT2D eigenvalue weighted by Gasteiger charge is 2.44. The molecule has 21 heavy (non-hydrogen) atoms. The quantitative estimate of drug-likeness (QED) is 0.373. The average molecular weight is 327 g/mol. The van der Waals surface area contributed by atoms with Crippen LogP contribution in [0.1, 0.15) is 13.3 Å². The number of rotatable bonds is 7. The fourth-order valence-corrected chi connectivity index (χ4v) is 1.97. The molecule has 0 aliphatic carbocycles. The number of ether oxygens (including phenoxy) is 2. The Bertz CT molecular complexity index is 322. The zero-order valence-electron chi connectivity index (χ0n) is 11.9. The number of urea groups is 1. The lowest BCUT2D eigenvalue weighted by Crippen LogP contribution is -2.61. The van der Waals surface area contributed by atoms with Gasteiger partial charge in [-0.05, 0) is 6.42 Å². The molecule has 0 aromatic heterocycles. The second kappa shape index (κ2) is 9.39. The number of hydrogen-bond donors (Lipinski definition) is 5. The molecule has 0 aromatic rings. The summed E-state index contributed by atoms with van der Waals surface area (Å²) in [6, 6.07) is -0.460. The lowest BCUT2D eigenvalue weighted by molar-refractivity contribution is -0.295. The van der Waals surface area contributed by atoms with Crippen molar-refractivity contribution in [1.29, 1.82) is 0 Å². The maximum Gasteiger partial charge on any atom is 0.314 e. The number of amides is 2. The van der Waals surface area contributed by atoms with Gasteiger partial charge in [0, 0.05) is 25.6 Å². The van der Waals surface area contributed by atoms with E-state index in [-0.39, 0.29) is 12.4 Å². The third kappa shape index (κ3) is 5.57. The van der Waals surface area contributed by atoms with Gasteiger partial charge in [0.1, 0.15) is 24.4 Å². The molecular weight excluding hydrogens is 304 g/mol. The Morgan fingerprint density at radius 2 is 1.95 bits per heavy atom. The summed E-state index contributed by atoms with van der Waals surface area (Å²) < 4.78 is 10.7. The fraction of sp³-hybridized carbons (Fsp3) is 0.917. The minimum atomic E-state index is -1.40. The highest BCUT2D eigenvalue weighted by molar-refractivity contribution is 6.18. The zero-order chi connectivity index (χ0) is 15.8. The monoisotopic (exact) mass is 326 g/mol. The van der Waals surface area contributed by atoms with E-state index in [0.717, 1.165) is 6.42 Å². The van der Waals surface area contributed by atoms with Crippen LogP contribution in [0.4, 0.5) is 4.79 Å². The summed E-state index contributed by atoms with van der Waals surface area (Å²) in [6.45, 7) is 2.51. The summed E-state index contributed by atoms with van der Waals surface area (Å²) in [5.74, 6) is 0.286. The van der Waals surface area contributed by atoms with Gasteiger partial charge in [0.2, 0.25) is 0 Å². The van der Waals surface area contributed by atoms with Crippen LogP contribution in [-0.4, -0.2) is 77.6 Å². The van der Waals surface area contributed by atoms with E-state index in [1.165, 1.54) is 0 Å². The number of aliphatic hydroxyl groups excluding tert-OH is 3. The van der Waals surface area contributed by atoms with Gasteiger partial charge < -0.3 is 35.4 Å². The van der Waals surface area contributed by atoms with E-state index in [0.29, 0.717) is 13.2 Å². The molecule has 0 bridgehead atoms. The summed E-state index contributed by atoms with van der Waals surface area (Å²) in [6.07, 6.45) is -5.27. The second-order valence-electron chi connectivity index (χ2n) is 4.71. The smallest absolute Gasteiger partial charge is 0.314 e. The lowest BCUT2D eigenvalue weighted by Gasteiger charge is -2.40. The Morgan fingerprint density at radius 3 is 2.57 bits per heavy atom. The zero-order valence-corrected chi connectivity index (χ0v) is 12.6. The molecule has 0 radical (unpaired) electrons. The van der Waals surface area contributed by atoms with E-state index >= 15 is 0 Å². The van der Waals surface area contributed by atoms with Crippen molar-refractivity contribution in [2.75, 3.05) is 25.6 Å². The highest BCUT2D eigenvalue weighted by Crippen LogP contribution is 2.21. The van der Waals surface area contributed by atoms with Crippen LogP contribution in [-0.2, 0) is 9.47 Å². The van der Waals surface area contributed by atoms with Crippen LogP contribution < -0.4 is 10.6 Å². The second-order valence-corrected chi connectivity index (χ2v) is 5.09. The first-order valence-corrected chi connectivity index (χ1v) is 7.43. The molecular formula is C12H23ClN2O6. The topological polar surface area (TPSA) is 120 Å². The van der Waals surface area contributed by atoms with Crippen molar-refractivity contribution in [3.05, 3.63) is 0 Å². The molecule has 1 rings (SSSR count). The molecule has 8 nitrogen and oxygen atoms in total. The molecule has 124 valence electrons. The Morgan fingerprint density at radius 1 is 1.24 bits per heavy atom. The van der Waals surface area contributed by atoms with Crippen LogP contribution in [0, 0.1) is 0 Å². The molecule has 1 saturated heterocycles. The van der Waals surface area contributed by atoms with Gasteiger partial charge in [0.25, 0.3) is 0 Å². The van der Waals surface area contributed by atoms with E-state index in [4.69, 9.17) is 21.1 Å². The van der Waals surface area contributed by atoms with Crippen LogP contribution >= 0.6 is 11.6 Å². The maximum atomic E-state index is 11.4. The number of carbonyl (C=O) groups excluding carboxylic acids is 1. The molecule has 5 atom stereocenters. The Kier molecular flexibility index (Phi) is 8.23. The SMILES string of the molecule is CCCO[C@H]1O[C@H](CNC(=O)NCCCl)[C@@H](O)[C@H](O)[C@H]1O. The summed E-state index contributed by atoms with van der Waals surface area (Å²) in [4.78, 5) is 11.4. The van der Waals surface area contributed by atoms with Gasteiger partial charge in [0.05, 0.1) is 0 Å². The Hall–Kier alpha value is -0.640. The molecule has 2 amide bonds. The first-order valence-electron chi connectivity index (χ1n) is 6.90. The van der Waals surface area contributed by atoms with Crippen LogP contribution in [0.2, 0.25) is 0 Å². The molecule has 0 unspecified atom stereocenters. The van der Waals surface area contributed by atoms with Crippen molar-refractivity contribution in [1.82, 2.24) is 10.6 Å². The standard InChI is InChI=1S/C12H23ClN2O6/c1-2-5-20-11-10(18)9(17)8(16)7(21-11)6-15-12(19)14-4-3-13/h7-11,16-18H,2-6H2,1H3,(H2,14,15,19)/t7-,8-,9+,10-,11+/m1/s1. The van der Waals surface area contributed by atoms with E-state index in [1.54, 1.807) is 0 Å². The third-order valence-electron chi connectivity index (χ3n) is 3.00. The van der Waals surface area contributed by atoms with Crippen LogP contribution in [0.5, 0.6) is 0 Å². The maximum absolute atomic E-state index is 11.4. The van der Waals surface area contributed by atoms with E-state index in [1.807, 2.05) is 6.92 Å².